The minimum Gasteiger partial charge on any atom is -0.411 e. The molecule has 1 aromatic heterocycles. The Morgan fingerprint density at radius 3 is 2.94 bits per heavy atom. The molecule has 1 aromatic rings. The summed E-state index contributed by atoms with van der Waals surface area (Å²) in [4.78, 5) is 14.5. The quantitative estimate of drug-likeness (QED) is 0.602. The summed E-state index contributed by atoms with van der Waals surface area (Å²) in [6.07, 6.45) is 0.620. The van der Waals surface area contributed by atoms with Crippen LogP contribution in [0.1, 0.15) is 28.7 Å². The Kier molecular flexibility index (Phi) is 3.37. The fourth-order valence-electron chi connectivity index (χ4n) is 1.93. The average Bonchev–Trinajstić information content (AvgIpc) is 2.74. The van der Waals surface area contributed by atoms with Gasteiger partial charge in [-0.15, -0.1) is 5.10 Å². The molecule has 2 rings (SSSR count). The number of carbonyl (C=O) groups excluding carboxylic acids is 1. The van der Waals surface area contributed by atoms with Gasteiger partial charge < -0.3 is 10.1 Å². The molecule has 2 heterocycles. The number of rotatable bonds is 1. The first-order valence-electron chi connectivity index (χ1n) is 5.42. The highest BCUT2D eigenvalue weighted by atomic mass is 32.1. The van der Waals surface area contributed by atoms with E-state index in [1.165, 1.54) is 0 Å². The summed E-state index contributed by atoms with van der Waals surface area (Å²) in [7, 11) is 0. The van der Waals surface area contributed by atoms with Crippen molar-refractivity contribution >= 4 is 23.2 Å². The summed E-state index contributed by atoms with van der Waals surface area (Å²) in [5.41, 5.74) is 1.43. The third-order valence-electron chi connectivity index (χ3n) is 2.96. The van der Waals surface area contributed by atoms with Crippen LogP contribution in [-0.4, -0.2) is 44.4 Å². The molecular weight excluding hydrogens is 240 g/mol. The summed E-state index contributed by atoms with van der Waals surface area (Å²) in [6.45, 7) is 4.90. The molecule has 7 heteroatoms. The fraction of sp³-hybridized carbons (Fsp3) is 0.600. The maximum absolute atomic E-state index is 12.2. The Hall–Kier alpha value is -1.50. The summed E-state index contributed by atoms with van der Waals surface area (Å²) >= 11 is 1.13. The van der Waals surface area contributed by atoms with Crippen LogP contribution in [-0.2, 0) is 0 Å². The number of likely N-dealkylation sites (tertiary alicyclic amines) is 1. The Morgan fingerprint density at radius 2 is 2.41 bits per heavy atom. The zero-order chi connectivity index (χ0) is 12.4. The van der Waals surface area contributed by atoms with Crippen LogP contribution >= 0.6 is 11.5 Å². The zero-order valence-corrected chi connectivity index (χ0v) is 10.6. The normalized spacial score (nSPS) is 23.1. The van der Waals surface area contributed by atoms with E-state index in [-0.39, 0.29) is 11.8 Å². The van der Waals surface area contributed by atoms with Gasteiger partial charge in [0.05, 0.1) is 11.4 Å². The predicted octanol–water partition coefficient (Wildman–Crippen LogP) is 1.16. The highest BCUT2D eigenvalue weighted by Gasteiger charge is 2.28. The third kappa shape index (κ3) is 2.28. The topological polar surface area (TPSA) is 78.7 Å². The molecule has 17 heavy (non-hydrogen) atoms. The molecule has 1 unspecified atom stereocenters. The monoisotopic (exact) mass is 254 g/mol. The van der Waals surface area contributed by atoms with Crippen molar-refractivity contribution in [2.24, 2.45) is 11.1 Å². The third-order valence-corrected chi connectivity index (χ3v) is 3.78. The molecule has 0 bridgehead atoms. The number of oxime groups is 1. The molecule has 1 amide bonds. The van der Waals surface area contributed by atoms with Crippen LogP contribution in [0, 0.1) is 12.8 Å². The number of piperidine rings is 1. The molecule has 1 N–H and O–H groups in total. The van der Waals surface area contributed by atoms with Crippen LogP contribution in [0.5, 0.6) is 0 Å². The second-order valence-electron chi connectivity index (χ2n) is 4.18. The summed E-state index contributed by atoms with van der Waals surface area (Å²) in [5.74, 6) is 0.0697. The molecule has 0 aliphatic carbocycles. The fourth-order valence-corrected chi connectivity index (χ4v) is 2.55. The van der Waals surface area contributed by atoms with E-state index < -0.39 is 0 Å². The van der Waals surface area contributed by atoms with Crippen molar-refractivity contribution in [2.45, 2.75) is 20.3 Å². The van der Waals surface area contributed by atoms with Crippen molar-refractivity contribution < 1.29 is 10.0 Å². The van der Waals surface area contributed by atoms with Crippen LogP contribution in [0.25, 0.3) is 0 Å². The molecule has 92 valence electrons. The van der Waals surface area contributed by atoms with Gasteiger partial charge >= 0.3 is 0 Å². The van der Waals surface area contributed by atoms with Gasteiger partial charge in [0.2, 0.25) is 0 Å². The second-order valence-corrected chi connectivity index (χ2v) is 4.94. The van der Waals surface area contributed by atoms with E-state index in [2.05, 4.69) is 14.7 Å². The van der Waals surface area contributed by atoms with Crippen LogP contribution in [0.3, 0.4) is 0 Å². The molecule has 1 atom stereocenters. The maximum atomic E-state index is 12.2. The van der Waals surface area contributed by atoms with Crippen molar-refractivity contribution in [3.05, 3.63) is 10.6 Å². The van der Waals surface area contributed by atoms with Crippen LogP contribution in [0.15, 0.2) is 5.16 Å². The number of nitrogens with zero attached hydrogens (tertiary/aromatic N) is 4. The Labute approximate surface area is 103 Å². The van der Waals surface area contributed by atoms with Crippen molar-refractivity contribution in [3.8, 4) is 0 Å². The second kappa shape index (κ2) is 4.79. The van der Waals surface area contributed by atoms with Gasteiger partial charge in [-0.25, -0.2) is 0 Å². The summed E-state index contributed by atoms with van der Waals surface area (Å²) < 4.78 is 3.77. The van der Waals surface area contributed by atoms with Gasteiger partial charge in [0.15, 0.2) is 0 Å². The zero-order valence-electron chi connectivity index (χ0n) is 9.75. The summed E-state index contributed by atoms with van der Waals surface area (Å²) in [5, 5.41) is 15.9. The molecule has 1 fully saturated rings. The number of amides is 1. The van der Waals surface area contributed by atoms with Crippen molar-refractivity contribution in [1.29, 1.82) is 0 Å². The Bertz CT molecular complexity index is 457. The van der Waals surface area contributed by atoms with Gasteiger partial charge in [0.1, 0.15) is 4.88 Å². The van der Waals surface area contributed by atoms with Gasteiger partial charge in [-0.2, -0.15) is 0 Å². The minimum absolute atomic E-state index is 0.0265. The lowest BCUT2D eigenvalue weighted by Crippen LogP contribution is -2.43. The molecule has 0 aromatic carbocycles. The van der Waals surface area contributed by atoms with E-state index in [0.29, 0.717) is 30.1 Å². The molecule has 0 spiro atoms. The number of aryl methyl sites for hydroxylation is 1. The smallest absolute Gasteiger partial charge is 0.267 e. The molecule has 1 saturated heterocycles. The van der Waals surface area contributed by atoms with E-state index in [4.69, 9.17) is 5.21 Å². The first kappa shape index (κ1) is 12.0. The molecule has 1 aliphatic rings. The molecule has 1 aliphatic heterocycles. The van der Waals surface area contributed by atoms with E-state index in [1.54, 1.807) is 11.8 Å². The van der Waals surface area contributed by atoms with E-state index in [0.717, 1.165) is 17.2 Å². The SMILES string of the molecule is Cc1nnsc1C(=O)N1CCC(=NO)C(C)C1. The lowest BCUT2D eigenvalue weighted by Gasteiger charge is -2.31. The van der Waals surface area contributed by atoms with Gasteiger partial charge in [-0.1, -0.05) is 16.6 Å². The number of aromatic nitrogens is 2. The van der Waals surface area contributed by atoms with E-state index in [9.17, 15) is 4.79 Å². The average molecular weight is 254 g/mol. The molecule has 0 radical (unpaired) electrons. The first-order chi connectivity index (χ1) is 8.13. The van der Waals surface area contributed by atoms with Gasteiger partial charge in [-0.05, 0) is 18.5 Å². The van der Waals surface area contributed by atoms with Crippen LogP contribution in [0.4, 0.5) is 0 Å². The lowest BCUT2D eigenvalue weighted by atomic mass is 9.97. The van der Waals surface area contributed by atoms with E-state index in [1.807, 2.05) is 6.92 Å². The van der Waals surface area contributed by atoms with Crippen molar-refractivity contribution in [1.82, 2.24) is 14.5 Å². The highest BCUT2D eigenvalue weighted by molar-refractivity contribution is 7.07. The summed E-state index contributed by atoms with van der Waals surface area (Å²) in [6, 6.07) is 0. The van der Waals surface area contributed by atoms with Crippen LogP contribution in [0.2, 0.25) is 0 Å². The lowest BCUT2D eigenvalue weighted by molar-refractivity contribution is 0.0738. The number of hydrogen-bond donors (Lipinski definition) is 1. The Balaban J connectivity index is 2.11. The van der Waals surface area contributed by atoms with Crippen LogP contribution < -0.4 is 0 Å². The Morgan fingerprint density at radius 1 is 1.65 bits per heavy atom. The van der Waals surface area contributed by atoms with E-state index >= 15 is 0 Å². The maximum Gasteiger partial charge on any atom is 0.267 e. The molecule has 6 nitrogen and oxygen atoms in total. The minimum atomic E-state index is -0.0265. The van der Waals surface area contributed by atoms with Gasteiger partial charge in [0, 0.05) is 25.4 Å². The predicted molar refractivity (Wildman–Crippen MR) is 63.6 cm³/mol. The van der Waals surface area contributed by atoms with Gasteiger partial charge in [0.25, 0.3) is 5.91 Å². The standard InChI is InChI=1S/C10H14N4O2S/c1-6-5-14(4-3-8(6)12-16)10(15)9-7(2)11-13-17-9/h6,16H,3-5H2,1-2H3. The number of carbonyl (C=O) groups is 1. The van der Waals surface area contributed by atoms with Gasteiger partial charge in [-0.3, -0.25) is 4.79 Å². The first-order valence-corrected chi connectivity index (χ1v) is 6.20. The largest absolute Gasteiger partial charge is 0.411 e. The number of hydrogen-bond acceptors (Lipinski definition) is 6. The molecule has 0 saturated carbocycles. The van der Waals surface area contributed by atoms with Crippen molar-refractivity contribution in [2.75, 3.05) is 13.1 Å². The van der Waals surface area contributed by atoms with Crippen molar-refractivity contribution in [3.63, 3.8) is 0 Å². The highest BCUT2D eigenvalue weighted by Crippen LogP contribution is 2.19. The molecular formula is C10H14N4O2S.